The van der Waals surface area contributed by atoms with Crippen molar-refractivity contribution in [3.63, 3.8) is 0 Å². The van der Waals surface area contributed by atoms with Crippen molar-refractivity contribution in [1.82, 2.24) is 0 Å². The molecule has 1 unspecified atom stereocenters. The number of hydrogen-bond donors (Lipinski definition) is 1. The molecule has 0 radical (unpaired) electrons. The molecule has 1 N–H and O–H groups in total. The third-order valence-electron chi connectivity index (χ3n) is 3.18. The minimum Gasteiger partial charge on any atom is -0.508 e. The summed E-state index contributed by atoms with van der Waals surface area (Å²) in [7, 11) is 1.88. The fraction of sp³-hybridized carbons (Fsp3) is 0.200. The third kappa shape index (κ3) is 2.45. The Morgan fingerprint density at radius 3 is 2.50 bits per heavy atom. The first-order valence-electron chi connectivity index (χ1n) is 5.86. The van der Waals surface area contributed by atoms with Crippen molar-refractivity contribution in [3.8, 4) is 5.75 Å². The van der Waals surface area contributed by atoms with Gasteiger partial charge in [-0.25, -0.2) is 4.39 Å². The monoisotopic (exact) mass is 245 g/mol. The molecule has 0 aromatic heterocycles. The SMILES string of the molecule is CC(c1ccccc1O)N(C)c1cccc(F)c1. The van der Waals surface area contributed by atoms with Gasteiger partial charge in [0.15, 0.2) is 0 Å². The summed E-state index contributed by atoms with van der Waals surface area (Å²) >= 11 is 0. The van der Waals surface area contributed by atoms with Crippen LogP contribution in [0.4, 0.5) is 10.1 Å². The molecule has 0 fully saturated rings. The number of hydrogen-bond acceptors (Lipinski definition) is 2. The van der Waals surface area contributed by atoms with Crippen molar-refractivity contribution < 1.29 is 9.50 Å². The van der Waals surface area contributed by atoms with Gasteiger partial charge in [0.1, 0.15) is 11.6 Å². The zero-order valence-electron chi connectivity index (χ0n) is 10.5. The van der Waals surface area contributed by atoms with Gasteiger partial charge >= 0.3 is 0 Å². The Morgan fingerprint density at radius 1 is 1.11 bits per heavy atom. The second kappa shape index (κ2) is 5.08. The molecule has 94 valence electrons. The number of nitrogens with zero attached hydrogens (tertiary/aromatic N) is 1. The molecule has 1 atom stereocenters. The predicted octanol–water partition coefficient (Wildman–Crippen LogP) is 3.73. The van der Waals surface area contributed by atoms with Crippen LogP contribution < -0.4 is 4.90 Å². The molecule has 0 aliphatic carbocycles. The van der Waals surface area contributed by atoms with Crippen LogP contribution >= 0.6 is 0 Å². The van der Waals surface area contributed by atoms with Gasteiger partial charge < -0.3 is 10.0 Å². The summed E-state index contributed by atoms with van der Waals surface area (Å²) < 4.78 is 13.2. The van der Waals surface area contributed by atoms with Crippen molar-refractivity contribution in [2.75, 3.05) is 11.9 Å². The van der Waals surface area contributed by atoms with Crippen molar-refractivity contribution in [1.29, 1.82) is 0 Å². The van der Waals surface area contributed by atoms with Crippen LogP contribution in [0.2, 0.25) is 0 Å². The molecule has 2 nitrogen and oxygen atoms in total. The number of benzene rings is 2. The lowest BCUT2D eigenvalue weighted by atomic mass is 10.1. The minimum absolute atomic E-state index is 0.0343. The normalized spacial score (nSPS) is 12.2. The van der Waals surface area contributed by atoms with E-state index >= 15 is 0 Å². The van der Waals surface area contributed by atoms with Crippen LogP contribution in [0.1, 0.15) is 18.5 Å². The lowest BCUT2D eigenvalue weighted by Crippen LogP contribution is -2.21. The van der Waals surface area contributed by atoms with Gasteiger partial charge in [-0.1, -0.05) is 24.3 Å². The van der Waals surface area contributed by atoms with E-state index < -0.39 is 0 Å². The van der Waals surface area contributed by atoms with Gasteiger partial charge in [0.05, 0.1) is 6.04 Å². The van der Waals surface area contributed by atoms with E-state index in [0.29, 0.717) is 0 Å². The topological polar surface area (TPSA) is 23.5 Å². The first-order chi connectivity index (χ1) is 8.59. The maximum atomic E-state index is 13.2. The number of rotatable bonds is 3. The summed E-state index contributed by atoms with van der Waals surface area (Å²) in [6.45, 7) is 1.97. The van der Waals surface area contributed by atoms with E-state index in [-0.39, 0.29) is 17.6 Å². The molecule has 2 aromatic rings. The van der Waals surface area contributed by atoms with Crippen LogP contribution in [0, 0.1) is 5.82 Å². The molecule has 0 aliphatic rings. The molecular weight excluding hydrogens is 229 g/mol. The van der Waals surface area contributed by atoms with Gasteiger partial charge in [0.2, 0.25) is 0 Å². The van der Waals surface area contributed by atoms with Gasteiger partial charge in [-0.3, -0.25) is 0 Å². The second-order valence-corrected chi connectivity index (χ2v) is 4.33. The lowest BCUT2D eigenvalue weighted by molar-refractivity contribution is 0.462. The first-order valence-corrected chi connectivity index (χ1v) is 5.86. The predicted molar refractivity (Wildman–Crippen MR) is 71.3 cm³/mol. The Labute approximate surface area is 106 Å². The number of para-hydroxylation sites is 1. The molecule has 0 aliphatic heterocycles. The van der Waals surface area contributed by atoms with Gasteiger partial charge in [0, 0.05) is 18.3 Å². The fourth-order valence-electron chi connectivity index (χ4n) is 1.97. The number of aromatic hydroxyl groups is 1. The van der Waals surface area contributed by atoms with Gasteiger partial charge in [-0.05, 0) is 31.2 Å². The highest BCUT2D eigenvalue weighted by Gasteiger charge is 2.15. The molecule has 0 saturated heterocycles. The second-order valence-electron chi connectivity index (χ2n) is 4.33. The molecule has 3 heteroatoms. The van der Waals surface area contributed by atoms with Crippen LogP contribution in [-0.4, -0.2) is 12.2 Å². The van der Waals surface area contributed by atoms with Crippen LogP contribution in [0.3, 0.4) is 0 Å². The Hall–Kier alpha value is -2.03. The summed E-state index contributed by atoms with van der Waals surface area (Å²) in [6, 6.07) is 13.6. The smallest absolute Gasteiger partial charge is 0.125 e. The Morgan fingerprint density at radius 2 is 1.83 bits per heavy atom. The summed E-state index contributed by atoms with van der Waals surface area (Å²) in [5.41, 5.74) is 1.61. The first kappa shape index (κ1) is 12.4. The number of phenolic OH excluding ortho intramolecular Hbond substituents is 1. The number of phenols is 1. The average Bonchev–Trinajstić information content (AvgIpc) is 2.37. The summed E-state index contributed by atoms with van der Waals surface area (Å²) in [4.78, 5) is 1.93. The summed E-state index contributed by atoms with van der Waals surface area (Å²) in [5, 5.41) is 9.83. The van der Waals surface area contributed by atoms with Crippen molar-refractivity contribution in [2.24, 2.45) is 0 Å². The number of halogens is 1. The quantitative estimate of drug-likeness (QED) is 0.890. The van der Waals surface area contributed by atoms with Gasteiger partial charge in [0.25, 0.3) is 0 Å². The van der Waals surface area contributed by atoms with Crippen LogP contribution in [0.5, 0.6) is 5.75 Å². The molecule has 2 aromatic carbocycles. The summed E-state index contributed by atoms with van der Waals surface area (Å²) in [5.74, 6) is -0.00270. The molecule has 2 rings (SSSR count). The van der Waals surface area contributed by atoms with Crippen LogP contribution in [-0.2, 0) is 0 Å². The molecule has 0 spiro atoms. The summed E-state index contributed by atoms with van der Waals surface area (Å²) in [6.07, 6.45) is 0. The van der Waals surface area contributed by atoms with E-state index in [1.807, 2.05) is 37.1 Å². The van der Waals surface area contributed by atoms with Gasteiger partial charge in [-0.15, -0.1) is 0 Å². The lowest BCUT2D eigenvalue weighted by Gasteiger charge is -2.27. The van der Waals surface area contributed by atoms with Crippen LogP contribution in [0.25, 0.3) is 0 Å². The van der Waals surface area contributed by atoms with E-state index in [9.17, 15) is 9.50 Å². The third-order valence-corrected chi connectivity index (χ3v) is 3.18. The van der Waals surface area contributed by atoms with E-state index in [2.05, 4.69) is 0 Å². The highest BCUT2D eigenvalue weighted by Crippen LogP contribution is 2.30. The Bertz CT molecular complexity index is 542. The molecule has 0 amide bonds. The average molecular weight is 245 g/mol. The maximum Gasteiger partial charge on any atom is 0.125 e. The molecule has 18 heavy (non-hydrogen) atoms. The van der Waals surface area contributed by atoms with Crippen molar-refractivity contribution in [3.05, 3.63) is 59.9 Å². The highest BCUT2D eigenvalue weighted by atomic mass is 19.1. The van der Waals surface area contributed by atoms with Gasteiger partial charge in [-0.2, -0.15) is 0 Å². The maximum absolute atomic E-state index is 13.2. The fourth-order valence-corrected chi connectivity index (χ4v) is 1.97. The highest BCUT2D eigenvalue weighted by molar-refractivity contribution is 5.49. The largest absolute Gasteiger partial charge is 0.508 e. The Kier molecular flexibility index (Phi) is 3.51. The van der Waals surface area contributed by atoms with Crippen molar-refractivity contribution >= 4 is 5.69 Å². The molecule has 0 saturated carbocycles. The Balaban J connectivity index is 2.29. The molecular formula is C15H16FNO. The van der Waals surface area contributed by atoms with E-state index in [1.54, 1.807) is 18.2 Å². The minimum atomic E-state index is -0.260. The standard InChI is InChI=1S/C15H16FNO/c1-11(14-8-3-4-9-15(14)18)17(2)13-7-5-6-12(16)10-13/h3-11,18H,1-2H3. The van der Waals surface area contributed by atoms with Crippen molar-refractivity contribution in [2.45, 2.75) is 13.0 Å². The zero-order chi connectivity index (χ0) is 13.1. The number of anilines is 1. The van der Waals surface area contributed by atoms with Crippen LogP contribution in [0.15, 0.2) is 48.5 Å². The van der Waals surface area contributed by atoms with E-state index in [1.165, 1.54) is 12.1 Å². The zero-order valence-corrected chi connectivity index (χ0v) is 10.5. The van der Waals surface area contributed by atoms with E-state index in [4.69, 9.17) is 0 Å². The molecule has 0 bridgehead atoms. The molecule has 0 heterocycles. The van der Waals surface area contributed by atoms with E-state index in [0.717, 1.165) is 11.3 Å².